The summed E-state index contributed by atoms with van der Waals surface area (Å²) >= 11 is 0. The van der Waals surface area contributed by atoms with Gasteiger partial charge < -0.3 is 4.44 Å². The van der Waals surface area contributed by atoms with Gasteiger partial charge in [0, 0.05) is 5.69 Å². The van der Waals surface area contributed by atoms with Gasteiger partial charge in [-0.2, -0.15) is 0 Å². The lowest BCUT2D eigenvalue weighted by atomic mass is 10.0. The molecule has 0 radical (unpaired) electrons. The third kappa shape index (κ3) is 3.06. The van der Waals surface area contributed by atoms with Gasteiger partial charge in [-0.1, -0.05) is 43.3 Å². The first-order valence-electron chi connectivity index (χ1n) is 5.69. The molecular formula is C14H17NP2. The van der Waals surface area contributed by atoms with Crippen LogP contribution in [-0.4, -0.2) is 0 Å². The largest absolute Gasteiger partial charge is 0.341 e. The summed E-state index contributed by atoms with van der Waals surface area (Å²) in [5, 5.41) is 0. The summed E-state index contributed by atoms with van der Waals surface area (Å²) in [5.41, 5.74) is 5.07. The van der Waals surface area contributed by atoms with Crippen LogP contribution in [0, 0.1) is 0 Å². The fourth-order valence-electron chi connectivity index (χ4n) is 1.76. The number of benzene rings is 2. The minimum Gasteiger partial charge on any atom is -0.341 e. The Morgan fingerprint density at radius 2 is 1.29 bits per heavy atom. The molecule has 0 fully saturated rings. The van der Waals surface area contributed by atoms with Crippen LogP contribution in [0.1, 0.15) is 12.5 Å². The smallest absolute Gasteiger partial charge is 0.0423 e. The van der Waals surface area contributed by atoms with Gasteiger partial charge in [0.1, 0.15) is 0 Å². The molecule has 2 atom stereocenters. The number of anilines is 1. The molecule has 0 aliphatic rings. The predicted octanol–water partition coefficient (Wildman–Crippen LogP) is 4.30. The number of hydrogen-bond acceptors (Lipinski definition) is 1. The van der Waals surface area contributed by atoms with Crippen molar-refractivity contribution in [3.05, 3.63) is 54.1 Å². The van der Waals surface area contributed by atoms with Gasteiger partial charge in [0.15, 0.2) is 0 Å². The Bertz CT molecular complexity index is 475. The van der Waals surface area contributed by atoms with Crippen molar-refractivity contribution in [2.24, 2.45) is 0 Å². The maximum atomic E-state index is 2.63. The highest BCUT2D eigenvalue weighted by atomic mass is 31.1. The van der Waals surface area contributed by atoms with E-state index >= 15 is 0 Å². The molecule has 2 aromatic carbocycles. The molecule has 1 nitrogen and oxygen atoms in total. The first-order chi connectivity index (χ1) is 8.20. The predicted molar refractivity (Wildman–Crippen MR) is 83.2 cm³/mol. The molecule has 0 saturated carbocycles. The van der Waals surface area contributed by atoms with Crippen LogP contribution in [0.15, 0.2) is 48.5 Å². The van der Waals surface area contributed by atoms with Crippen molar-refractivity contribution >= 4 is 24.5 Å². The average molecular weight is 261 g/mol. The monoisotopic (exact) mass is 261 g/mol. The normalized spacial score (nSPS) is 10.3. The van der Waals surface area contributed by atoms with Crippen LogP contribution in [0.3, 0.4) is 0 Å². The Morgan fingerprint density at radius 3 is 1.71 bits per heavy atom. The van der Waals surface area contributed by atoms with Crippen LogP contribution < -0.4 is 4.44 Å². The lowest BCUT2D eigenvalue weighted by Gasteiger charge is -2.12. The van der Waals surface area contributed by atoms with Gasteiger partial charge in [-0.15, -0.1) is 0 Å². The second-order valence-corrected chi connectivity index (χ2v) is 5.71. The van der Waals surface area contributed by atoms with Gasteiger partial charge in [0.2, 0.25) is 0 Å². The Hall–Kier alpha value is -0.900. The fraction of sp³-hybridized carbons (Fsp3) is 0.143. The standard InChI is InChI=1S/C14H17NP2/c1-2-11-3-5-12(6-4-11)13-7-9-14(10-8-13)15(16)17/h3-10H,2,16-17H2,1H3. The molecule has 2 rings (SSSR count). The molecule has 0 aliphatic carbocycles. The topological polar surface area (TPSA) is 3.24 Å². The summed E-state index contributed by atoms with van der Waals surface area (Å²) in [7, 11) is 5.25. The molecule has 0 saturated heterocycles. The maximum absolute atomic E-state index is 2.63. The molecule has 0 aromatic heterocycles. The van der Waals surface area contributed by atoms with Gasteiger partial charge in [-0.25, -0.2) is 0 Å². The SMILES string of the molecule is CCc1ccc(-c2ccc(N(P)P)cc2)cc1. The van der Waals surface area contributed by atoms with Crippen molar-refractivity contribution in [3.63, 3.8) is 0 Å². The second-order valence-electron chi connectivity index (χ2n) is 4.00. The van der Waals surface area contributed by atoms with Crippen molar-refractivity contribution in [2.75, 3.05) is 4.44 Å². The Kier molecular flexibility index (Phi) is 4.15. The molecule has 0 amide bonds. The molecule has 2 aromatic rings. The van der Waals surface area contributed by atoms with E-state index in [-0.39, 0.29) is 0 Å². The van der Waals surface area contributed by atoms with Gasteiger partial charge in [0.25, 0.3) is 0 Å². The van der Waals surface area contributed by atoms with E-state index in [1.165, 1.54) is 16.7 Å². The molecule has 88 valence electrons. The molecule has 2 unspecified atom stereocenters. The zero-order valence-corrected chi connectivity index (χ0v) is 12.2. The minimum atomic E-state index is 1.09. The van der Waals surface area contributed by atoms with Crippen LogP contribution in [0.5, 0.6) is 0 Å². The van der Waals surface area contributed by atoms with Gasteiger partial charge in [-0.3, -0.25) is 0 Å². The quantitative estimate of drug-likeness (QED) is 0.744. The Morgan fingerprint density at radius 1 is 0.824 bits per heavy atom. The molecule has 0 spiro atoms. The molecule has 3 heteroatoms. The van der Waals surface area contributed by atoms with Gasteiger partial charge >= 0.3 is 0 Å². The van der Waals surface area contributed by atoms with Crippen molar-refractivity contribution < 1.29 is 0 Å². The fourth-order valence-corrected chi connectivity index (χ4v) is 2.10. The zero-order chi connectivity index (χ0) is 12.3. The van der Waals surface area contributed by atoms with Crippen LogP contribution in [0.25, 0.3) is 11.1 Å². The molecule has 17 heavy (non-hydrogen) atoms. The first kappa shape index (κ1) is 12.6. The third-order valence-corrected chi connectivity index (χ3v) is 3.46. The second kappa shape index (κ2) is 5.63. The third-order valence-electron chi connectivity index (χ3n) is 2.86. The zero-order valence-electron chi connectivity index (χ0n) is 9.93. The number of rotatable bonds is 3. The van der Waals surface area contributed by atoms with Crippen molar-refractivity contribution in [2.45, 2.75) is 13.3 Å². The number of nitrogens with zero attached hydrogens (tertiary/aromatic N) is 1. The van der Waals surface area contributed by atoms with E-state index in [2.05, 4.69) is 74.2 Å². The molecular weight excluding hydrogens is 244 g/mol. The van der Waals surface area contributed by atoms with Gasteiger partial charge in [0.05, 0.1) is 0 Å². The molecule has 0 N–H and O–H groups in total. The summed E-state index contributed by atoms with van der Waals surface area (Å²) in [6.07, 6.45) is 1.09. The van der Waals surface area contributed by atoms with Crippen molar-refractivity contribution in [1.82, 2.24) is 0 Å². The van der Waals surface area contributed by atoms with E-state index in [9.17, 15) is 0 Å². The highest BCUT2D eigenvalue weighted by Crippen LogP contribution is 2.26. The number of aryl methyl sites for hydroxylation is 1. The van der Waals surface area contributed by atoms with E-state index in [0.717, 1.165) is 12.1 Å². The van der Waals surface area contributed by atoms with Crippen molar-refractivity contribution in [3.8, 4) is 11.1 Å². The summed E-state index contributed by atoms with van der Waals surface area (Å²) < 4.78 is 1.95. The molecule has 0 bridgehead atoms. The summed E-state index contributed by atoms with van der Waals surface area (Å²) in [4.78, 5) is 0. The lowest BCUT2D eigenvalue weighted by Crippen LogP contribution is -1.89. The Labute approximate surface area is 108 Å². The average Bonchev–Trinajstić information content (AvgIpc) is 2.39. The van der Waals surface area contributed by atoms with Crippen LogP contribution in [0.4, 0.5) is 5.69 Å². The highest BCUT2D eigenvalue weighted by molar-refractivity contribution is 7.39. The summed E-state index contributed by atoms with van der Waals surface area (Å²) in [6.45, 7) is 2.18. The van der Waals surface area contributed by atoms with Crippen LogP contribution >= 0.6 is 18.8 Å². The first-order valence-corrected chi connectivity index (χ1v) is 6.73. The molecule has 0 aliphatic heterocycles. The summed E-state index contributed by atoms with van der Waals surface area (Å²) in [5.74, 6) is 0. The number of hydrogen-bond donors (Lipinski definition) is 0. The van der Waals surface area contributed by atoms with E-state index in [1.807, 2.05) is 4.44 Å². The maximum Gasteiger partial charge on any atom is 0.0423 e. The molecule has 0 heterocycles. The van der Waals surface area contributed by atoms with E-state index in [0.29, 0.717) is 0 Å². The van der Waals surface area contributed by atoms with Crippen LogP contribution in [0.2, 0.25) is 0 Å². The highest BCUT2D eigenvalue weighted by Gasteiger charge is 1.99. The van der Waals surface area contributed by atoms with Gasteiger partial charge in [-0.05, 0) is 54.0 Å². The van der Waals surface area contributed by atoms with E-state index < -0.39 is 0 Å². The van der Waals surface area contributed by atoms with E-state index in [4.69, 9.17) is 0 Å². The summed E-state index contributed by atoms with van der Waals surface area (Å²) in [6, 6.07) is 17.3. The Balaban J connectivity index is 2.26. The van der Waals surface area contributed by atoms with Crippen LogP contribution in [-0.2, 0) is 6.42 Å². The lowest BCUT2D eigenvalue weighted by molar-refractivity contribution is 1.14. The van der Waals surface area contributed by atoms with E-state index in [1.54, 1.807) is 0 Å². The van der Waals surface area contributed by atoms with Crippen molar-refractivity contribution in [1.29, 1.82) is 0 Å². The minimum absolute atomic E-state index is 1.09.